The number of rotatable bonds is 3. The number of carbonyl (C=O) groups is 2. The maximum atomic E-state index is 11.9. The van der Waals surface area contributed by atoms with Gasteiger partial charge < -0.3 is 10.5 Å². The second-order valence-electron chi connectivity index (χ2n) is 3.60. The summed E-state index contributed by atoms with van der Waals surface area (Å²) in [5.74, 6) is -0.400. The van der Waals surface area contributed by atoms with E-state index in [4.69, 9.17) is 22.1 Å². The molecule has 1 aliphatic rings. The van der Waals surface area contributed by atoms with Crippen molar-refractivity contribution in [3.8, 4) is 0 Å². The number of ether oxygens (including phenoxy) is 1. The Bertz CT molecular complexity index is 464. The van der Waals surface area contributed by atoms with Crippen LogP contribution in [0.2, 0.25) is 5.02 Å². The summed E-state index contributed by atoms with van der Waals surface area (Å²) < 4.78 is 5.00. The first-order valence-electron chi connectivity index (χ1n) is 5.11. The number of imide groups is 1. The van der Waals surface area contributed by atoms with Crippen LogP contribution in [-0.2, 0) is 9.53 Å². The van der Waals surface area contributed by atoms with Crippen LogP contribution < -0.4 is 5.73 Å². The normalized spacial score (nSPS) is 19.6. The standard InChI is InChI=1S/C11H11ClN2O3/c12-8-3-1-2-7(6-8)9-10(15)14(5-4-13)11(16)17-9/h1-3,6,9H,4-5,13H2. The molecule has 0 bridgehead atoms. The van der Waals surface area contributed by atoms with Gasteiger partial charge in [-0.25, -0.2) is 9.69 Å². The van der Waals surface area contributed by atoms with E-state index in [1.165, 1.54) is 0 Å². The van der Waals surface area contributed by atoms with Gasteiger partial charge in [-0.2, -0.15) is 0 Å². The Hall–Kier alpha value is -1.59. The SMILES string of the molecule is NCCN1C(=O)OC(c2cccc(Cl)c2)C1=O. The molecule has 1 fully saturated rings. The molecule has 0 aliphatic carbocycles. The smallest absolute Gasteiger partial charge is 0.417 e. The van der Waals surface area contributed by atoms with Crippen molar-refractivity contribution >= 4 is 23.6 Å². The molecule has 90 valence electrons. The third-order valence-corrected chi connectivity index (χ3v) is 2.67. The van der Waals surface area contributed by atoms with E-state index < -0.39 is 18.1 Å². The van der Waals surface area contributed by atoms with Gasteiger partial charge in [0.15, 0.2) is 0 Å². The Labute approximate surface area is 103 Å². The molecule has 0 aromatic heterocycles. The average molecular weight is 255 g/mol. The molecule has 1 aromatic rings. The predicted octanol–water partition coefficient (Wildman–Crippen LogP) is 1.32. The highest BCUT2D eigenvalue weighted by Gasteiger charge is 2.40. The number of benzene rings is 1. The molecule has 1 saturated heterocycles. The lowest BCUT2D eigenvalue weighted by molar-refractivity contribution is -0.129. The van der Waals surface area contributed by atoms with Crippen LogP contribution in [0, 0.1) is 0 Å². The fourth-order valence-electron chi connectivity index (χ4n) is 1.66. The minimum Gasteiger partial charge on any atom is -0.431 e. The van der Waals surface area contributed by atoms with Crippen LogP contribution in [0.3, 0.4) is 0 Å². The summed E-state index contributed by atoms with van der Waals surface area (Å²) in [4.78, 5) is 24.3. The number of hydrogen-bond acceptors (Lipinski definition) is 4. The predicted molar refractivity (Wildman–Crippen MR) is 61.4 cm³/mol. The van der Waals surface area contributed by atoms with E-state index in [1.54, 1.807) is 24.3 Å². The monoisotopic (exact) mass is 254 g/mol. The molecule has 17 heavy (non-hydrogen) atoms. The molecule has 6 heteroatoms. The van der Waals surface area contributed by atoms with Crippen molar-refractivity contribution in [1.82, 2.24) is 4.90 Å². The van der Waals surface area contributed by atoms with E-state index in [1.807, 2.05) is 0 Å². The van der Waals surface area contributed by atoms with Crippen LogP contribution in [0.1, 0.15) is 11.7 Å². The molecule has 1 aliphatic heterocycles. The fourth-order valence-corrected chi connectivity index (χ4v) is 1.86. The van der Waals surface area contributed by atoms with Gasteiger partial charge in [0.05, 0.1) is 0 Å². The van der Waals surface area contributed by atoms with Gasteiger partial charge in [0.2, 0.25) is 6.10 Å². The van der Waals surface area contributed by atoms with Crippen LogP contribution in [0.25, 0.3) is 0 Å². The largest absolute Gasteiger partial charge is 0.431 e. The van der Waals surface area contributed by atoms with Gasteiger partial charge in [0.25, 0.3) is 5.91 Å². The summed E-state index contributed by atoms with van der Waals surface area (Å²) in [5, 5.41) is 0.489. The molecule has 0 radical (unpaired) electrons. The summed E-state index contributed by atoms with van der Waals surface area (Å²) in [5.41, 5.74) is 5.88. The van der Waals surface area contributed by atoms with Crippen LogP contribution in [0.5, 0.6) is 0 Å². The fraction of sp³-hybridized carbons (Fsp3) is 0.273. The Kier molecular flexibility index (Phi) is 3.31. The lowest BCUT2D eigenvalue weighted by Crippen LogP contribution is -2.34. The van der Waals surface area contributed by atoms with Gasteiger partial charge in [-0.05, 0) is 12.1 Å². The molecular weight excluding hydrogens is 244 g/mol. The Balaban J connectivity index is 2.24. The van der Waals surface area contributed by atoms with Crippen molar-refractivity contribution in [1.29, 1.82) is 0 Å². The Morgan fingerprint density at radius 1 is 1.41 bits per heavy atom. The summed E-state index contributed by atoms with van der Waals surface area (Å²) in [6.45, 7) is 0.373. The topological polar surface area (TPSA) is 72.6 Å². The summed E-state index contributed by atoms with van der Waals surface area (Å²) in [7, 11) is 0. The maximum Gasteiger partial charge on any atom is 0.417 e. The molecule has 0 spiro atoms. The van der Waals surface area contributed by atoms with Crippen LogP contribution >= 0.6 is 11.6 Å². The minimum atomic E-state index is -0.909. The number of nitrogens with zero attached hydrogens (tertiary/aromatic N) is 1. The molecule has 2 N–H and O–H groups in total. The van der Waals surface area contributed by atoms with Gasteiger partial charge in [-0.3, -0.25) is 4.79 Å². The van der Waals surface area contributed by atoms with E-state index in [0.717, 1.165) is 4.90 Å². The molecular formula is C11H11ClN2O3. The quantitative estimate of drug-likeness (QED) is 0.883. The molecule has 1 atom stereocenters. The minimum absolute atomic E-state index is 0.161. The maximum absolute atomic E-state index is 11.9. The van der Waals surface area contributed by atoms with E-state index in [-0.39, 0.29) is 13.1 Å². The zero-order valence-corrected chi connectivity index (χ0v) is 9.68. The number of halogens is 1. The lowest BCUT2D eigenvalue weighted by atomic mass is 10.1. The third kappa shape index (κ3) is 2.25. The van der Waals surface area contributed by atoms with Crippen molar-refractivity contribution in [3.63, 3.8) is 0 Å². The van der Waals surface area contributed by atoms with Crippen LogP contribution in [-0.4, -0.2) is 30.0 Å². The van der Waals surface area contributed by atoms with Gasteiger partial charge in [-0.15, -0.1) is 0 Å². The zero-order chi connectivity index (χ0) is 12.4. The molecule has 1 heterocycles. The molecule has 5 nitrogen and oxygen atoms in total. The second kappa shape index (κ2) is 4.73. The second-order valence-corrected chi connectivity index (χ2v) is 4.03. The van der Waals surface area contributed by atoms with Crippen molar-refractivity contribution in [2.75, 3.05) is 13.1 Å². The number of cyclic esters (lactones) is 1. The number of carbonyl (C=O) groups excluding carboxylic acids is 2. The third-order valence-electron chi connectivity index (χ3n) is 2.43. The first-order valence-corrected chi connectivity index (χ1v) is 5.49. The van der Waals surface area contributed by atoms with Gasteiger partial charge in [0.1, 0.15) is 0 Å². The molecule has 1 unspecified atom stereocenters. The molecule has 1 aromatic carbocycles. The van der Waals surface area contributed by atoms with Gasteiger partial charge in [0, 0.05) is 23.7 Å². The molecule has 2 rings (SSSR count). The number of hydrogen-bond donors (Lipinski definition) is 1. The highest BCUT2D eigenvalue weighted by Crippen LogP contribution is 2.28. The van der Waals surface area contributed by atoms with Crippen molar-refractivity contribution < 1.29 is 14.3 Å². The molecule has 0 saturated carbocycles. The Morgan fingerprint density at radius 2 is 2.18 bits per heavy atom. The van der Waals surface area contributed by atoms with Gasteiger partial charge in [-0.1, -0.05) is 23.7 Å². The highest BCUT2D eigenvalue weighted by atomic mass is 35.5. The van der Waals surface area contributed by atoms with Crippen LogP contribution in [0.4, 0.5) is 4.79 Å². The summed E-state index contributed by atoms with van der Waals surface area (Å²) in [6, 6.07) is 6.67. The lowest BCUT2D eigenvalue weighted by Gasteiger charge is -2.09. The zero-order valence-electron chi connectivity index (χ0n) is 8.93. The van der Waals surface area contributed by atoms with Crippen LogP contribution in [0.15, 0.2) is 24.3 Å². The summed E-state index contributed by atoms with van der Waals surface area (Å²) >= 11 is 5.82. The average Bonchev–Trinajstić information content (AvgIpc) is 2.57. The molecule has 2 amide bonds. The first kappa shape index (κ1) is 11.9. The van der Waals surface area contributed by atoms with Crippen molar-refractivity contribution in [3.05, 3.63) is 34.9 Å². The van der Waals surface area contributed by atoms with Crippen molar-refractivity contribution in [2.45, 2.75) is 6.10 Å². The van der Waals surface area contributed by atoms with Crippen molar-refractivity contribution in [2.24, 2.45) is 5.73 Å². The highest BCUT2D eigenvalue weighted by molar-refractivity contribution is 6.30. The number of amides is 2. The van der Waals surface area contributed by atoms with E-state index in [0.29, 0.717) is 10.6 Å². The van der Waals surface area contributed by atoms with E-state index in [2.05, 4.69) is 0 Å². The summed E-state index contributed by atoms with van der Waals surface area (Å²) in [6.07, 6.45) is -1.57. The van der Waals surface area contributed by atoms with Gasteiger partial charge >= 0.3 is 6.09 Å². The van der Waals surface area contributed by atoms with E-state index >= 15 is 0 Å². The first-order chi connectivity index (χ1) is 8.13. The van der Waals surface area contributed by atoms with E-state index in [9.17, 15) is 9.59 Å². The number of nitrogens with two attached hydrogens (primary N) is 1. The Morgan fingerprint density at radius 3 is 2.82 bits per heavy atom.